The first kappa shape index (κ1) is 28.9. The summed E-state index contributed by atoms with van der Waals surface area (Å²) in [7, 11) is -5.16. The highest BCUT2D eigenvalue weighted by molar-refractivity contribution is 7.90. The molecule has 3 N–H and O–H groups in total. The summed E-state index contributed by atoms with van der Waals surface area (Å²) < 4.78 is 48.7. The molecule has 0 atom stereocenters. The number of hydrogen-bond donors (Lipinski definition) is 3. The predicted octanol–water partition coefficient (Wildman–Crippen LogP) is 5.97. The fourth-order valence-electron chi connectivity index (χ4n) is 3.81. The molecule has 0 fully saturated rings. The summed E-state index contributed by atoms with van der Waals surface area (Å²) in [6.07, 6.45) is 1.88. The van der Waals surface area contributed by atoms with Crippen LogP contribution in [0.15, 0.2) is 93.4 Å². The van der Waals surface area contributed by atoms with Gasteiger partial charge >= 0.3 is 0 Å². The molecule has 202 valence electrons. The van der Waals surface area contributed by atoms with E-state index in [0.717, 1.165) is 22.4 Å². The first-order valence-corrected chi connectivity index (χ1v) is 15.2. The Morgan fingerprint density at radius 2 is 1.74 bits per heavy atom. The molecule has 8 nitrogen and oxygen atoms in total. The van der Waals surface area contributed by atoms with E-state index < -0.39 is 20.4 Å². The lowest BCUT2D eigenvalue weighted by Crippen LogP contribution is -2.17. The second-order valence-corrected chi connectivity index (χ2v) is 11.6. The van der Waals surface area contributed by atoms with E-state index in [2.05, 4.69) is 10.6 Å². The van der Waals surface area contributed by atoms with Gasteiger partial charge in [0.1, 0.15) is 17.4 Å². The molecule has 0 spiro atoms. The van der Waals surface area contributed by atoms with Gasteiger partial charge in [-0.15, -0.1) is 0 Å². The van der Waals surface area contributed by atoms with E-state index >= 15 is 0 Å². The lowest BCUT2D eigenvalue weighted by atomic mass is 10.0. The van der Waals surface area contributed by atoms with Gasteiger partial charge in [-0.2, -0.15) is 10.6 Å². The Labute approximate surface area is 226 Å². The predicted molar refractivity (Wildman–Crippen MR) is 153 cm³/mol. The molecule has 0 aliphatic rings. The number of allylic oxidation sites excluding steroid dienone is 1. The zero-order valence-electron chi connectivity index (χ0n) is 21.9. The fraction of sp³-hybridized carbons (Fsp3) is 0.250. The lowest BCUT2D eigenvalue weighted by Gasteiger charge is -2.16. The van der Waals surface area contributed by atoms with Crippen LogP contribution < -0.4 is 15.4 Å². The molecule has 0 unspecified atom stereocenters. The molecule has 0 bridgehead atoms. The standard InChI is InChI=1S/C28H33N4O4S2/c1-5-27(22-13-15-24(16-14-22)36-6-2)28(30-19-21-9-7-12-26(17-21)38(4,34)35)32-20(3)31-23-10-8-11-25(18-23)37(29)33/h7-18,29-30H,5-6,19H2,1-4H3,(H,31,32)/q-1/b28-27+. The largest absolute Gasteiger partial charge is 0.494 e. The van der Waals surface area contributed by atoms with Crippen LogP contribution in [-0.4, -0.2) is 27.1 Å². The Morgan fingerprint density at radius 1 is 1.03 bits per heavy atom. The number of aliphatic imine (C=N–C) groups is 1. The molecular weight excluding hydrogens is 520 g/mol. The number of hydrogen-bond acceptors (Lipinski definition) is 8. The highest BCUT2D eigenvalue weighted by Gasteiger charge is 2.11. The van der Waals surface area contributed by atoms with Crippen LogP contribution in [0.25, 0.3) is 5.57 Å². The number of nitrogens with zero attached hydrogens (tertiary/aromatic N) is 1. The van der Waals surface area contributed by atoms with E-state index in [1.54, 1.807) is 36.4 Å². The zero-order chi connectivity index (χ0) is 27.7. The summed E-state index contributed by atoms with van der Waals surface area (Å²) in [5.74, 6) is 2.00. The molecule has 10 heteroatoms. The van der Waals surface area contributed by atoms with Crippen molar-refractivity contribution in [2.75, 3.05) is 18.2 Å². The molecular formula is C28H33N4O4S2-. The number of benzene rings is 3. The van der Waals surface area contributed by atoms with Crippen molar-refractivity contribution in [3.8, 4) is 5.75 Å². The van der Waals surface area contributed by atoms with E-state index in [4.69, 9.17) is 14.5 Å². The SMILES string of the molecule is CCOc1ccc(/C(CC)=C(/N=C(C)Nc2cccc([S-](=N)=O)c2)NCc2cccc(S(C)(=O)=O)c2)cc1. The quantitative estimate of drug-likeness (QED) is 0.153. The molecule has 3 aromatic carbocycles. The number of rotatable bonds is 11. The summed E-state index contributed by atoms with van der Waals surface area (Å²) in [4.78, 5) is 5.50. The summed E-state index contributed by atoms with van der Waals surface area (Å²) in [6, 6.07) is 21.5. The molecule has 3 rings (SSSR count). The summed E-state index contributed by atoms with van der Waals surface area (Å²) >= 11 is 0. The van der Waals surface area contributed by atoms with Gasteiger partial charge in [0.15, 0.2) is 9.84 Å². The first-order chi connectivity index (χ1) is 18.1. The number of ether oxygens (including phenoxy) is 1. The van der Waals surface area contributed by atoms with Crippen LogP contribution in [0.5, 0.6) is 5.75 Å². The monoisotopic (exact) mass is 553 g/mol. The maximum Gasteiger partial charge on any atom is 0.175 e. The normalized spacial score (nSPS) is 12.7. The number of amidine groups is 1. The second kappa shape index (κ2) is 13.3. The molecule has 0 amide bonds. The van der Waals surface area contributed by atoms with Gasteiger partial charge in [0.2, 0.25) is 0 Å². The molecule has 0 saturated heterocycles. The highest BCUT2D eigenvalue weighted by Crippen LogP contribution is 2.25. The van der Waals surface area contributed by atoms with E-state index in [0.29, 0.717) is 41.8 Å². The van der Waals surface area contributed by atoms with Crippen molar-refractivity contribution in [2.24, 2.45) is 4.99 Å². The number of nitrogens with one attached hydrogen (secondary N) is 3. The van der Waals surface area contributed by atoms with Crippen LogP contribution in [0, 0.1) is 4.78 Å². The van der Waals surface area contributed by atoms with Crippen molar-refractivity contribution in [1.82, 2.24) is 5.32 Å². The van der Waals surface area contributed by atoms with E-state index in [9.17, 15) is 12.6 Å². The maximum absolute atomic E-state index is 12.0. The van der Waals surface area contributed by atoms with Crippen LogP contribution in [0.4, 0.5) is 5.69 Å². The average molecular weight is 554 g/mol. The molecule has 0 heterocycles. The molecule has 0 saturated carbocycles. The van der Waals surface area contributed by atoms with Crippen LogP contribution >= 0.6 is 0 Å². The van der Waals surface area contributed by atoms with Crippen LogP contribution in [0.1, 0.15) is 38.3 Å². The van der Waals surface area contributed by atoms with Gasteiger partial charge in [-0.05, 0) is 61.7 Å². The second-order valence-electron chi connectivity index (χ2n) is 8.53. The van der Waals surface area contributed by atoms with Crippen molar-refractivity contribution >= 4 is 37.5 Å². The number of anilines is 1. The third kappa shape index (κ3) is 8.19. The van der Waals surface area contributed by atoms with Crippen LogP contribution in [-0.2, 0) is 31.2 Å². The van der Waals surface area contributed by atoms with Crippen LogP contribution in [0.3, 0.4) is 0 Å². The van der Waals surface area contributed by atoms with E-state index in [1.807, 2.05) is 57.2 Å². The lowest BCUT2D eigenvalue weighted by molar-refractivity contribution is 0.340. The minimum absolute atomic E-state index is 0.262. The van der Waals surface area contributed by atoms with Crippen molar-refractivity contribution in [1.29, 1.82) is 4.78 Å². The van der Waals surface area contributed by atoms with Gasteiger partial charge in [-0.1, -0.05) is 54.3 Å². The summed E-state index contributed by atoms with van der Waals surface area (Å²) in [5, 5.41) is 6.61. The minimum Gasteiger partial charge on any atom is -0.494 e. The Kier molecular flexibility index (Phi) is 10.1. The maximum atomic E-state index is 12.0. The van der Waals surface area contributed by atoms with Crippen molar-refractivity contribution in [3.63, 3.8) is 0 Å². The topological polar surface area (TPSA) is 121 Å². The molecule has 38 heavy (non-hydrogen) atoms. The van der Waals surface area contributed by atoms with Crippen LogP contribution in [0.2, 0.25) is 0 Å². The number of sulfone groups is 1. The van der Waals surface area contributed by atoms with Gasteiger partial charge < -0.3 is 24.4 Å². The van der Waals surface area contributed by atoms with Crippen molar-refractivity contribution in [3.05, 3.63) is 89.7 Å². The van der Waals surface area contributed by atoms with Gasteiger partial charge in [0.05, 0.1) is 11.5 Å². The first-order valence-electron chi connectivity index (χ1n) is 12.1. The molecule has 0 aliphatic heterocycles. The minimum atomic E-state index is -3.32. The summed E-state index contributed by atoms with van der Waals surface area (Å²) in [6.45, 7) is 6.75. The Morgan fingerprint density at radius 3 is 2.37 bits per heavy atom. The Balaban J connectivity index is 1.99. The van der Waals surface area contributed by atoms with Gasteiger partial charge in [-0.3, -0.25) is 0 Å². The smallest absolute Gasteiger partial charge is 0.175 e. The zero-order valence-corrected chi connectivity index (χ0v) is 23.6. The molecule has 3 aromatic rings. The van der Waals surface area contributed by atoms with Crippen molar-refractivity contribution in [2.45, 2.75) is 43.5 Å². The van der Waals surface area contributed by atoms with E-state index in [1.165, 1.54) is 6.26 Å². The average Bonchev–Trinajstić information content (AvgIpc) is 2.88. The third-order valence-electron chi connectivity index (χ3n) is 5.59. The van der Waals surface area contributed by atoms with Gasteiger partial charge in [0.25, 0.3) is 0 Å². The fourth-order valence-corrected chi connectivity index (χ4v) is 4.93. The Bertz CT molecular complexity index is 1500. The summed E-state index contributed by atoms with van der Waals surface area (Å²) in [5.41, 5.74) is 3.42. The molecule has 0 radical (unpaired) electrons. The van der Waals surface area contributed by atoms with Gasteiger partial charge in [-0.25, -0.2) is 13.4 Å². The third-order valence-corrected chi connectivity index (χ3v) is 7.38. The van der Waals surface area contributed by atoms with Gasteiger partial charge in [0, 0.05) is 24.1 Å². The molecule has 0 aliphatic carbocycles. The van der Waals surface area contributed by atoms with E-state index in [-0.39, 0.29) is 4.90 Å². The Hall–Kier alpha value is -3.63. The van der Waals surface area contributed by atoms with Crippen molar-refractivity contribution < 1.29 is 17.4 Å². The highest BCUT2D eigenvalue weighted by atomic mass is 32.2. The molecule has 0 aromatic heterocycles.